The van der Waals surface area contributed by atoms with Gasteiger partial charge >= 0.3 is 0 Å². The molecule has 29 heavy (non-hydrogen) atoms. The number of nitrogens with zero attached hydrogens (tertiary/aromatic N) is 5. The van der Waals surface area contributed by atoms with Crippen molar-refractivity contribution in [2.75, 3.05) is 62.2 Å². The Labute approximate surface area is 171 Å². The van der Waals surface area contributed by atoms with E-state index >= 15 is 0 Å². The first-order valence-corrected chi connectivity index (χ1v) is 10.1. The third-order valence-corrected chi connectivity index (χ3v) is 5.73. The number of carbonyl (C=O) groups excluding carboxylic acids is 2. The molecule has 1 aromatic carbocycles. The lowest BCUT2D eigenvalue weighted by molar-refractivity contribution is -0.119. The van der Waals surface area contributed by atoms with Gasteiger partial charge in [-0.15, -0.1) is 0 Å². The number of anilines is 2. The maximum absolute atomic E-state index is 12.9. The summed E-state index contributed by atoms with van der Waals surface area (Å²) in [5.74, 6) is -0.0108. The van der Waals surface area contributed by atoms with Crippen molar-refractivity contribution in [3.8, 4) is 0 Å². The van der Waals surface area contributed by atoms with Gasteiger partial charge in [-0.2, -0.15) is 0 Å². The second-order valence-electron chi connectivity index (χ2n) is 7.68. The molecule has 2 aliphatic heterocycles. The SMILES string of the molecule is Cc1cccc(N2CCN(c3cncc(C(=O)N4CCN(C=O)CC4)c3)CC2)c1. The molecular formula is C22H27N5O2. The van der Waals surface area contributed by atoms with Gasteiger partial charge in [0, 0.05) is 64.2 Å². The number of aromatic nitrogens is 1. The zero-order valence-electron chi connectivity index (χ0n) is 16.8. The van der Waals surface area contributed by atoms with Crippen molar-refractivity contribution in [2.24, 2.45) is 0 Å². The topological polar surface area (TPSA) is 60.0 Å². The van der Waals surface area contributed by atoms with Crippen LogP contribution >= 0.6 is 0 Å². The number of benzene rings is 1. The lowest BCUT2D eigenvalue weighted by atomic mass is 10.1. The second-order valence-corrected chi connectivity index (χ2v) is 7.68. The molecule has 3 heterocycles. The fourth-order valence-corrected chi connectivity index (χ4v) is 3.98. The Hall–Kier alpha value is -3.09. The molecule has 1 aromatic heterocycles. The largest absolute Gasteiger partial charge is 0.368 e. The summed E-state index contributed by atoms with van der Waals surface area (Å²) in [4.78, 5) is 36.2. The van der Waals surface area contributed by atoms with Gasteiger partial charge in [-0.25, -0.2) is 0 Å². The van der Waals surface area contributed by atoms with E-state index in [9.17, 15) is 9.59 Å². The van der Waals surface area contributed by atoms with Crippen LogP contribution in [-0.2, 0) is 4.79 Å². The maximum Gasteiger partial charge on any atom is 0.255 e. The molecule has 2 aromatic rings. The fraction of sp³-hybridized carbons (Fsp3) is 0.409. The Bertz CT molecular complexity index is 871. The summed E-state index contributed by atoms with van der Waals surface area (Å²) in [5, 5.41) is 0. The van der Waals surface area contributed by atoms with Gasteiger partial charge in [0.2, 0.25) is 6.41 Å². The average molecular weight is 393 g/mol. The summed E-state index contributed by atoms with van der Waals surface area (Å²) >= 11 is 0. The number of aryl methyl sites for hydroxylation is 1. The van der Waals surface area contributed by atoms with E-state index in [0.717, 1.165) is 38.3 Å². The van der Waals surface area contributed by atoms with E-state index in [-0.39, 0.29) is 5.91 Å². The highest BCUT2D eigenvalue weighted by Crippen LogP contribution is 2.22. The minimum absolute atomic E-state index is 0.0108. The number of hydrogen-bond donors (Lipinski definition) is 0. The van der Waals surface area contributed by atoms with Crippen molar-refractivity contribution in [1.29, 1.82) is 0 Å². The van der Waals surface area contributed by atoms with Crippen LogP contribution in [0.1, 0.15) is 15.9 Å². The molecule has 2 amide bonds. The second kappa shape index (κ2) is 8.51. The Morgan fingerprint density at radius 2 is 1.59 bits per heavy atom. The molecule has 7 heteroatoms. The lowest BCUT2D eigenvalue weighted by Crippen LogP contribution is -2.48. The van der Waals surface area contributed by atoms with Crippen LogP contribution in [0, 0.1) is 6.92 Å². The van der Waals surface area contributed by atoms with Gasteiger partial charge in [-0.05, 0) is 30.7 Å². The van der Waals surface area contributed by atoms with Gasteiger partial charge in [0.15, 0.2) is 0 Å². The maximum atomic E-state index is 12.9. The molecule has 2 saturated heterocycles. The molecule has 152 valence electrons. The summed E-state index contributed by atoms with van der Waals surface area (Å²) in [6.07, 6.45) is 4.32. The zero-order chi connectivity index (χ0) is 20.2. The standard InChI is InChI=1S/C22H27N5O2/c1-18-3-2-4-20(13-18)25-9-11-26(12-10-25)21-14-19(15-23-16-21)22(29)27-7-5-24(17-28)6-8-27/h2-4,13-17H,5-12H2,1H3. The van der Waals surface area contributed by atoms with E-state index < -0.39 is 0 Å². The summed E-state index contributed by atoms with van der Waals surface area (Å²) in [6, 6.07) is 10.6. The van der Waals surface area contributed by atoms with Crippen LogP contribution in [-0.4, -0.2) is 79.5 Å². The van der Waals surface area contributed by atoms with Crippen molar-refractivity contribution in [3.05, 3.63) is 53.9 Å². The van der Waals surface area contributed by atoms with Gasteiger partial charge < -0.3 is 19.6 Å². The first-order valence-electron chi connectivity index (χ1n) is 10.1. The minimum Gasteiger partial charge on any atom is -0.368 e. The van der Waals surface area contributed by atoms with Crippen molar-refractivity contribution in [1.82, 2.24) is 14.8 Å². The highest BCUT2D eigenvalue weighted by atomic mass is 16.2. The molecule has 0 unspecified atom stereocenters. The smallest absolute Gasteiger partial charge is 0.255 e. The van der Waals surface area contributed by atoms with Gasteiger partial charge in [0.1, 0.15) is 0 Å². The molecule has 7 nitrogen and oxygen atoms in total. The summed E-state index contributed by atoms with van der Waals surface area (Å²) in [7, 11) is 0. The van der Waals surface area contributed by atoms with Gasteiger partial charge in [0.25, 0.3) is 5.91 Å². The number of hydrogen-bond acceptors (Lipinski definition) is 5. The van der Waals surface area contributed by atoms with Crippen molar-refractivity contribution in [3.63, 3.8) is 0 Å². The molecule has 0 spiro atoms. The van der Waals surface area contributed by atoms with Crippen LogP contribution in [0.25, 0.3) is 0 Å². The molecule has 0 radical (unpaired) electrons. The van der Waals surface area contributed by atoms with Crippen molar-refractivity contribution >= 4 is 23.7 Å². The van der Waals surface area contributed by atoms with Crippen LogP contribution in [0.5, 0.6) is 0 Å². The molecule has 0 aliphatic carbocycles. The van der Waals surface area contributed by atoms with E-state index in [1.54, 1.807) is 16.0 Å². The van der Waals surface area contributed by atoms with Crippen LogP contribution < -0.4 is 9.80 Å². The quantitative estimate of drug-likeness (QED) is 0.739. The number of amides is 2. The summed E-state index contributed by atoms with van der Waals surface area (Å²) < 4.78 is 0. The normalized spacial score (nSPS) is 17.4. The predicted octanol–water partition coefficient (Wildman–Crippen LogP) is 1.63. The lowest BCUT2D eigenvalue weighted by Gasteiger charge is -2.37. The Kier molecular flexibility index (Phi) is 5.64. The molecule has 4 rings (SSSR count). The number of carbonyl (C=O) groups is 2. The Balaban J connectivity index is 1.39. The molecule has 0 bridgehead atoms. The van der Waals surface area contributed by atoms with E-state index in [1.165, 1.54) is 11.3 Å². The third-order valence-electron chi connectivity index (χ3n) is 5.73. The highest BCUT2D eigenvalue weighted by Gasteiger charge is 2.23. The number of pyridine rings is 1. The van der Waals surface area contributed by atoms with Crippen LogP contribution in [0.4, 0.5) is 11.4 Å². The van der Waals surface area contributed by atoms with E-state index in [4.69, 9.17) is 0 Å². The monoisotopic (exact) mass is 393 g/mol. The molecule has 0 saturated carbocycles. The van der Waals surface area contributed by atoms with E-state index in [1.807, 2.05) is 12.3 Å². The summed E-state index contributed by atoms with van der Waals surface area (Å²) in [6.45, 7) is 8.09. The molecule has 0 N–H and O–H groups in total. The molecular weight excluding hydrogens is 366 g/mol. The third kappa shape index (κ3) is 4.34. The van der Waals surface area contributed by atoms with E-state index in [2.05, 4.69) is 46.0 Å². The predicted molar refractivity (Wildman–Crippen MR) is 113 cm³/mol. The van der Waals surface area contributed by atoms with Gasteiger partial charge in [-0.3, -0.25) is 14.6 Å². The van der Waals surface area contributed by atoms with Crippen LogP contribution in [0.3, 0.4) is 0 Å². The molecule has 0 atom stereocenters. The Morgan fingerprint density at radius 1 is 0.897 bits per heavy atom. The Morgan fingerprint density at radius 3 is 2.24 bits per heavy atom. The highest BCUT2D eigenvalue weighted by molar-refractivity contribution is 5.95. The van der Waals surface area contributed by atoms with Gasteiger partial charge in [0.05, 0.1) is 17.4 Å². The average Bonchev–Trinajstić information content (AvgIpc) is 2.79. The van der Waals surface area contributed by atoms with Crippen LogP contribution in [0.15, 0.2) is 42.7 Å². The van der Waals surface area contributed by atoms with Gasteiger partial charge in [-0.1, -0.05) is 12.1 Å². The zero-order valence-corrected chi connectivity index (χ0v) is 16.8. The fourth-order valence-electron chi connectivity index (χ4n) is 3.98. The summed E-state index contributed by atoms with van der Waals surface area (Å²) in [5.41, 5.74) is 4.14. The number of piperazine rings is 2. The minimum atomic E-state index is -0.0108. The van der Waals surface area contributed by atoms with E-state index in [0.29, 0.717) is 31.7 Å². The molecule has 2 aliphatic rings. The number of rotatable bonds is 4. The molecule has 2 fully saturated rings. The van der Waals surface area contributed by atoms with Crippen molar-refractivity contribution in [2.45, 2.75) is 6.92 Å². The first kappa shape index (κ1) is 19.2. The van der Waals surface area contributed by atoms with Crippen LogP contribution in [0.2, 0.25) is 0 Å². The van der Waals surface area contributed by atoms with Crippen molar-refractivity contribution < 1.29 is 9.59 Å². The first-order chi connectivity index (χ1) is 14.1.